The molecule has 1 fully saturated rings. The number of rotatable bonds is 6. The molecule has 2 aromatic rings. The fourth-order valence-electron chi connectivity index (χ4n) is 2.19. The minimum atomic E-state index is -3.78. The average Bonchev–Trinajstić information content (AvgIpc) is 3.36. The third-order valence-electron chi connectivity index (χ3n) is 3.57. The molecule has 0 aromatic heterocycles. The van der Waals surface area contributed by atoms with Gasteiger partial charge in [0.15, 0.2) is 5.75 Å². The first-order valence-electron chi connectivity index (χ1n) is 7.22. The molecular weight excluding hydrogens is 334 g/mol. The Balaban J connectivity index is 2.00. The molecule has 1 aliphatic rings. The molecule has 1 unspecified atom stereocenters. The molecule has 0 radical (unpaired) electrons. The lowest BCUT2D eigenvalue weighted by molar-refractivity contribution is -0.385. The molecule has 3 rings (SSSR count). The Morgan fingerprint density at radius 3 is 2.58 bits per heavy atom. The van der Waals surface area contributed by atoms with E-state index in [0.717, 1.165) is 11.6 Å². The number of hydrogen-bond acceptors (Lipinski definition) is 6. The molecule has 0 N–H and O–H groups in total. The van der Waals surface area contributed by atoms with Crippen LogP contribution in [-0.4, -0.2) is 32.7 Å². The van der Waals surface area contributed by atoms with Crippen molar-refractivity contribution < 1.29 is 22.8 Å². The monoisotopic (exact) mass is 349 g/mol. The Labute approximate surface area is 138 Å². The van der Waals surface area contributed by atoms with Gasteiger partial charge < -0.3 is 9.47 Å². The first kappa shape index (κ1) is 16.4. The van der Waals surface area contributed by atoms with E-state index in [1.54, 1.807) is 25.1 Å². The van der Waals surface area contributed by atoms with Crippen molar-refractivity contribution in [1.82, 2.24) is 0 Å². The summed E-state index contributed by atoms with van der Waals surface area (Å²) in [5.74, 6) is -0.0794. The van der Waals surface area contributed by atoms with Crippen LogP contribution >= 0.6 is 0 Å². The number of nitro groups is 1. The van der Waals surface area contributed by atoms with Gasteiger partial charge in [-0.05, 0) is 30.7 Å². The first-order valence-corrected chi connectivity index (χ1v) is 8.71. The van der Waals surface area contributed by atoms with E-state index in [2.05, 4.69) is 0 Å². The number of nitro benzene ring substituents is 1. The van der Waals surface area contributed by atoms with Crippen LogP contribution in [0.2, 0.25) is 0 Å². The van der Waals surface area contributed by atoms with E-state index < -0.39 is 14.8 Å². The highest BCUT2D eigenvalue weighted by Gasteiger charge is 2.27. The molecule has 0 amide bonds. The van der Waals surface area contributed by atoms with Gasteiger partial charge in [0, 0.05) is 12.1 Å². The van der Waals surface area contributed by atoms with Crippen molar-refractivity contribution in [2.24, 2.45) is 0 Å². The van der Waals surface area contributed by atoms with Crippen LogP contribution in [0.15, 0.2) is 52.3 Å². The van der Waals surface area contributed by atoms with E-state index >= 15 is 0 Å². The van der Waals surface area contributed by atoms with Crippen molar-refractivity contribution in [1.29, 1.82) is 0 Å². The van der Waals surface area contributed by atoms with Crippen LogP contribution in [0.4, 0.5) is 5.69 Å². The number of aryl methyl sites for hydroxylation is 1. The van der Waals surface area contributed by atoms with Gasteiger partial charge >= 0.3 is 5.69 Å². The zero-order chi connectivity index (χ0) is 17.3. The number of sulfone groups is 1. The molecular formula is C16H15NO6S. The Hall–Kier alpha value is -2.45. The summed E-state index contributed by atoms with van der Waals surface area (Å²) < 4.78 is 35.8. The molecule has 24 heavy (non-hydrogen) atoms. The molecule has 0 aliphatic carbocycles. The van der Waals surface area contributed by atoms with Crippen LogP contribution in [0.25, 0.3) is 0 Å². The van der Waals surface area contributed by atoms with E-state index in [1.165, 1.54) is 18.2 Å². The zero-order valence-electron chi connectivity index (χ0n) is 12.8. The molecule has 7 nitrogen and oxygen atoms in total. The van der Waals surface area contributed by atoms with Gasteiger partial charge in [0.05, 0.1) is 21.3 Å². The molecule has 1 aliphatic heterocycles. The van der Waals surface area contributed by atoms with Crippen molar-refractivity contribution in [3.63, 3.8) is 0 Å². The summed E-state index contributed by atoms with van der Waals surface area (Å²) in [6.45, 7) is 2.48. The number of ether oxygens (including phenoxy) is 2. The quantitative estimate of drug-likeness (QED) is 0.451. The highest BCUT2D eigenvalue weighted by molar-refractivity contribution is 7.91. The number of benzene rings is 2. The van der Waals surface area contributed by atoms with Crippen LogP contribution in [0.3, 0.4) is 0 Å². The molecule has 1 heterocycles. The summed E-state index contributed by atoms with van der Waals surface area (Å²) in [6.07, 6.45) is -0.0957. The van der Waals surface area contributed by atoms with Crippen molar-refractivity contribution in [3.05, 3.63) is 58.1 Å². The Morgan fingerprint density at radius 1 is 1.25 bits per heavy atom. The maximum atomic E-state index is 12.7. The second-order valence-corrected chi connectivity index (χ2v) is 7.42. The summed E-state index contributed by atoms with van der Waals surface area (Å²) in [6, 6.07) is 10.0. The van der Waals surface area contributed by atoms with Crippen LogP contribution in [0, 0.1) is 17.0 Å². The summed E-state index contributed by atoms with van der Waals surface area (Å²) in [5.41, 5.74) is 0.527. The molecule has 8 heteroatoms. The summed E-state index contributed by atoms with van der Waals surface area (Å²) >= 11 is 0. The van der Waals surface area contributed by atoms with Gasteiger partial charge in [0.1, 0.15) is 12.7 Å². The predicted molar refractivity (Wildman–Crippen MR) is 85.0 cm³/mol. The maximum absolute atomic E-state index is 12.7. The molecule has 0 bridgehead atoms. The summed E-state index contributed by atoms with van der Waals surface area (Å²) in [7, 11) is -3.78. The SMILES string of the molecule is Cc1cccc(S(=O)(=O)c2ccc([N+](=O)[O-])c(OCC3CO3)c2)c1. The second-order valence-electron chi connectivity index (χ2n) is 5.47. The smallest absolute Gasteiger partial charge is 0.311 e. The molecule has 0 spiro atoms. The summed E-state index contributed by atoms with van der Waals surface area (Å²) in [4.78, 5) is 10.6. The van der Waals surface area contributed by atoms with E-state index in [1.807, 2.05) is 0 Å². The van der Waals surface area contributed by atoms with Crippen LogP contribution in [0.5, 0.6) is 5.75 Å². The Bertz CT molecular complexity index is 889. The van der Waals surface area contributed by atoms with E-state index in [0.29, 0.717) is 6.61 Å². The molecule has 126 valence electrons. The molecule has 2 aromatic carbocycles. The Morgan fingerprint density at radius 2 is 1.96 bits per heavy atom. The largest absolute Gasteiger partial charge is 0.484 e. The van der Waals surface area contributed by atoms with Crippen LogP contribution < -0.4 is 4.74 Å². The maximum Gasteiger partial charge on any atom is 0.311 e. The van der Waals surface area contributed by atoms with Crippen LogP contribution in [-0.2, 0) is 14.6 Å². The second kappa shape index (κ2) is 6.21. The van der Waals surface area contributed by atoms with Gasteiger partial charge in [-0.25, -0.2) is 8.42 Å². The van der Waals surface area contributed by atoms with E-state index in [4.69, 9.17) is 9.47 Å². The highest BCUT2D eigenvalue weighted by atomic mass is 32.2. The number of epoxide rings is 1. The number of nitrogens with zero attached hydrogens (tertiary/aromatic N) is 1. The van der Waals surface area contributed by atoms with Crippen molar-refractivity contribution in [2.75, 3.05) is 13.2 Å². The average molecular weight is 349 g/mol. The zero-order valence-corrected chi connectivity index (χ0v) is 13.7. The molecule has 1 saturated heterocycles. The third-order valence-corrected chi connectivity index (χ3v) is 5.31. The van der Waals surface area contributed by atoms with Gasteiger partial charge in [-0.15, -0.1) is 0 Å². The third kappa shape index (κ3) is 3.39. The van der Waals surface area contributed by atoms with Crippen LogP contribution in [0.1, 0.15) is 5.56 Å². The lowest BCUT2D eigenvalue weighted by atomic mass is 10.2. The number of hydrogen-bond donors (Lipinski definition) is 0. The highest BCUT2D eigenvalue weighted by Crippen LogP contribution is 2.32. The van der Waals surface area contributed by atoms with Gasteiger partial charge in [0.2, 0.25) is 9.84 Å². The van der Waals surface area contributed by atoms with Gasteiger partial charge in [-0.1, -0.05) is 12.1 Å². The van der Waals surface area contributed by atoms with E-state index in [9.17, 15) is 18.5 Å². The van der Waals surface area contributed by atoms with Crippen molar-refractivity contribution in [3.8, 4) is 5.75 Å². The predicted octanol–water partition coefficient (Wildman–Crippen LogP) is 2.51. The van der Waals surface area contributed by atoms with Crippen molar-refractivity contribution >= 4 is 15.5 Å². The Kier molecular flexibility index (Phi) is 4.25. The normalized spacial score (nSPS) is 16.6. The van der Waals surface area contributed by atoms with Crippen molar-refractivity contribution in [2.45, 2.75) is 22.8 Å². The standard InChI is InChI=1S/C16H15NO6S/c1-11-3-2-4-13(7-11)24(20,21)14-5-6-15(17(18)19)16(8-14)23-10-12-9-22-12/h2-8,12H,9-10H2,1H3. The van der Waals surface area contributed by atoms with Gasteiger partial charge in [0.25, 0.3) is 0 Å². The van der Waals surface area contributed by atoms with E-state index in [-0.39, 0.29) is 33.9 Å². The minimum Gasteiger partial charge on any atom is -0.484 e. The molecule has 0 saturated carbocycles. The van der Waals surface area contributed by atoms with Gasteiger partial charge in [-0.3, -0.25) is 10.1 Å². The van der Waals surface area contributed by atoms with Gasteiger partial charge in [-0.2, -0.15) is 0 Å². The summed E-state index contributed by atoms with van der Waals surface area (Å²) in [5, 5.41) is 11.1. The fourth-order valence-corrected chi connectivity index (χ4v) is 3.57. The first-order chi connectivity index (χ1) is 11.4. The fraction of sp³-hybridized carbons (Fsp3) is 0.250. The lowest BCUT2D eigenvalue weighted by Gasteiger charge is -2.09. The molecule has 1 atom stereocenters. The minimum absolute atomic E-state index is 0.0505. The lowest BCUT2D eigenvalue weighted by Crippen LogP contribution is -2.08. The topological polar surface area (TPSA) is 99.0 Å².